The van der Waals surface area contributed by atoms with Crippen LogP contribution in [0.4, 0.5) is 0 Å². The van der Waals surface area contributed by atoms with Crippen LogP contribution in [0.15, 0.2) is 53.5 Å². The normalized spacial score (nSPS) is 16.5. The number of benzene rings is 2. The summed E-state index contributed by atoms with van der Waals surface area (Å²) in [6, 6.07) is 17.2. The van der Waals surface area contributed by atoms with Crippen LogP contribution in [0.3, 0.4) is 0 Å². The van der Waals surface area contributed by atoms with E-state index in [0.29, 0.717) is 0 Å². The van der Waals surface area contributed by atoms with Crippen LogP contribution in [0.5, 0.6) is 0 Å². The van der Waals surface area contributed by atoms with Crippen molar-refractivity contribution in [3.63, 3.8) is 0 Å². The summed E-state index contributed by atoms with van der Waals surface area (Å²) in [6.07, 6.45) is 0. The largest absolute Gasteiger partial charge is 0.281 e. The van der Waals surface area contributed by atoms with Crippen LogP contribution in [0.2, 0.25) is 19.6 Å². The van der Waals surface area contributed by atoms with Gasteiger partial charge in [-0.25, -0.2) is 0 Å². The first-order valence-corrected chi connectivity index (χ1v) is 12.6. The second-order valence-corrected chi connectivity index (χ2v) is 13.0. The van der Waals surface area contributed by atoms with Crippen molar-refractivity contribution in [3.05, 3.63) is 71.3 Å². The molecule has 5 heteroatoms. The van der Waals surface area contributed by atoms with E-state index in [0.717, 1.165) is 28.6 Å². The average molecular weight is 361 g/mol. The molecule has 1 aliphatic heterocycles. The summed E-state index contributed by atoms with van der Waals surface area (Å²) >= 11 is 0. The minimum atomic E-state index is -1.44. The molecule has 0 fully saturated rings. The number of aryl methyl sites for hydroxylation is 1. The maximum Gasteiger partial charge on any atom is 0.162 e. The van der Waals surface area contributed by atoms with E-state index >= 15 is 0 Å². The minimum Gasteiger partial charge on any atom is -0.281 e. The van der Waals surface area contributed by atoms with Crippen molar-refractivity contribution in [3.8, 4) is 5.69 Å². The predicted molar refractivity (Wildman–Crippen MR) is 110 cm³/mol. The molecule has 0 spiro atoms. The van der Waals surface area contributed by atoms with Gasteiger partial charge < -0.3 is 0 Å². The number of hydrogen-bond donors (Lipinski definition) is 0. The van der Waals surface area contributed by atoms with E-state index in [2.05, 4.69) is 83.8 Å². The Kier molecular flexibility index (Phi) is 3.92. The number of nitrogens with zero attached hydrogens (tertiary/aromatic N) is 4. The number of aromatic nitrogens is 3. The Balaban J connectivity index is 2.05. The van der Waals surface area contributed by atoms with Crippen molar-refractivity contribution in [1.29, 1.82) is 0 Å². The Morgan fingerprint density at radius 1 is 0.962 bits per heavy atom. The van der Waals surface area contributed by atoms with Crippen molar-refractivity contribution in [2.75, 3.05) is 0 Å². The Morgan fingerprint density at radius 2 is 1.69 bits per heavy atom. The molecule has 0 unspecified atom stereocenters. The summed E-state index contributed by atoms with van der Waals surface area (Å²) in [4.78, 5) is 5.07. The van der Waals surface area contributed by atoms with Gasteiger partial charge in [0.1, 0.15) is 11.9 Å². The Hall–Kier alpha value is -2.53. The molecule has 1 atom stereocenters. The van der Waals surface area contributed by atoms with Crippen molar-refractivity contribution in [2.24, 2.45) is 4.99 Å². The lowest BCUT2D eigenvalue weighted by molar-refractivity contribution is 0.721. The number of fused-ring (bicyclic) bond motifs is 3. The molecule has 0 radical (unpaired) electrons. The Bertz CT molecular complexity index is 997. The maximum atomic E-state index is 5.07. The van der Waals surface area contributed by atoms with E-state index in [-0.39, 0.29) is 6.04 Å². The first kappa shape index (κ1) is 16.9. The summed E-state index contributed by atoms with van der Waals surface area (Å²) in [5.41, 5.74) is 4.48. The highest BCUT2D eigenvalue weighted by molar-refractivity contribution is 6.88. The molecule has 132 valence electrons. The first-order valence-electron chi connectivity index (χ1n) is 9.06. The third-order valence-corrected chi connectivity index (χ3v) is 7.00. The Labute approximate surface area is 155 Å². The molecular formula is C21H24N4Si. The van der Waals surface area contributed by atoms with Gasteiger partial charge in [0.25, 0.3) is 0 Å². The second kappa shape index (κ2) is 6.02. The molecule has 2 heterocycles. The van der Waals surface area contributed by atoms with Crippen LogP contribution in [0.1, 0.15) is 35.7 Å². The standard InChI is InChI=1S/C21H24N4Si/c1-14-21-24-23-15(2)25(21)19-12-11-17(26(3,4)5)13-18(19)20(22-14)16-9-7-6-8-10-16/h6-14H,1-5H3/t14-/m1/s1. The van der Waals surface area contributed by atoms with E-state index in [1.54, 1.807) is 0 Å². The fraction of sp³-hybridized carbons (Fsp3) is 0.286. The van der Waals surface area contributed by atoms with Crippen molar-refractivity contribution in [2.45, 2.75) is 39.5 Å². The van der Waals surface area contributed by atoms with Gasteiger partial charge in [-0.1, -0.05) is 67.3 Å². The lowest BCUT2D eigenvalue weighted by Gasteiger charge is -2.20. The predicted octanol–water partition coefficient (Wildman–Crippen LogP) is 4.03. The van der Waals surface area contributed by atoms with Gasteiger partial charge in [0.15, 0.2) is 5.82 Å². The van der Waals surface area contributed by atoms with E-state index < -0.39 is 8.07 Å². The third-order valence-electron chi connectivity index (χ3n) is 4.95. The topological polar surface area (TPSA) is 43.1 Å². The Morgan fingerprint density at radius 3 is 2.38 bits per heavy atom. The molecule has 0 amide bonds. The average Bonchev–Trinajstić information content (AvgIpc) is 2.94. The van der Waals surface area contributed by atoms with Crippen molar-refractivity contribution in [1.82, 2.24) is 14.8 Å². The highest BCUT2D eigenvalue weighted by Crippen LogP contribution is 2.30. The number of hydrogen-bond acceptors (Lipinski definition) is 3. The summed E-state index contributed by atoms with van der Waals surface area (Å²) in [6.45, 7) is 11.2. The van der Waals surface area contributed by atoms with Crippen LogP contribution in [-0.4, -0.2) is 28.6 Å². The molecule has 4 nitrogen and oxygen atoms in total. The van der Waals surface area contributed by atoms with Crippen LogP contribution >= 0.6 is 0 Å². The zero-order valence-electron chi connectivity index (χ0n) is 16.0. The lowest BCUT2D eigenvalue weighted by atomic mass is 10.0. The molecule has 0 N–H and O–H groups in total. The lowest BCUT2D eigenvalue weighted by Crippen LogP contribution is -2.38. The van der Waals surface area contributed by atoms with Gasteiger partial charge >= 0.3 is 0 Å². The van der Waals surface area contributed by atoms with E-state index in [4.69, 9.17) is 4.99 Å². The van der Waals surface area contributed by atoms with Gasteiger partial charge in [-0.15, -0.1) is 10.2 Å². The van der Waals surface area contributed by atoms with Gasteiger partial charge in [-0.3, -0.25) is 9.56 Å². The summed E-state index contributed by atoms with van der Waals surface area (Å²) < 4.78 is 2.16. The van der Waals surface area contributed by atoms with Crippen LogP contribution in [0.25, 0.3) is 5.69 Å². The molecule has 1 aromatic heterocycles. The number of rotatable bonds is 2. The van der Waals surface area contributed by atoms with Gasteiger partial charge in [0.05, 0.1) is 19.5 Å². The minimum absolute atomic E-state index is 0.0471. The molecule has 0 saturated carbocycles. The monoisotopic (exact) mass is 360 g/mol. The van der Waals surface area contributed by atoms with E-state index in [1.807, 2.05) is 13.0 Å². The SMILES string of the molecule is Cc1nnc2n1-c1ccc([Si](C)(C)C)cc1C(c1ccccc1)=N[C@@H]2C. The molecule has 3 aromatic rings. The van der Waals surface area contributed by atoms with Gasteiger partial charge in [0.2, 0.25) is 0 Å². The molecular weight excluding hydrogens is 336 g/mol. The molecule has 0 saturated heterocycles. The van der Waals surface area contributed by atoms with Gasteiger partial charge in [-0.05, 0) is 19.9 Å². The quantitative estimate of drug-likeness (QED) is 0.648. The van der Waals surface area contributed by atoms with Crippen molar-refractivity contribution < 1.29 is 0 Å². The van der Waals surface area contributed by atoms with Gasteiger partial charge in [-0.2, -0.15) is 0 Å². The fourth-order valence-corrected chi connectivity index (χ4v) is 4.64. The van der Waals surface area contributed by atoms with Crippen LogP contribution in [0, 0.1) is 6.92 Å². The summed E-state index contributed by atoms with van der Waals surface area (Å²) in [7, 11) is -1.44. The molecule has 0 bridgehead atoms. The van der Waals surface area contributed by atoms with Crippen LogP contribution < -0.4 is 5.19 Å². The fourth-order valence-electron chi connectivity index (χ4n) is 3.48. The van der Waals surface area contributed by atoms with Crippen LogP contribution in [-0.2, 0) is 0 Å². The summed E-state index contributed by atoms with van der Waals surface area (Å²) in [5.74, 6) is 1.80. The molecule has 26 heavy (non-hydrogen) atoms. The maximum absolute atomic E-state index is 5.07. The number of aliphatic imine (C=N–C) groups is 1. The highest BCUT2D eigenvalue weighted by atomic mass is 28.3. The summed E-state index contributed by atoms with van der Waals surface area (Å²) in [5, 5.41) is 10.2. The molecule has 1 aliphatic rings. The zero-order chi connectivity index (χ0) is 18.5. The highest BCUT2D eigenvalue weighted by Gasteiger charge is 2.27. The molecule has 0 aliphatic carbocycles. The second-order valence-electron chi connectivity index (χ2n) is 7.94. The van der Waals surface area contributed by atoms with E-state index in [9.17, 15) is 0 Å². The van der Waals surface area contributed by atoms with Crippen molar-refractivity contribution >= 4 is 19.0 Å². The zero-order valence-corrected chi connectivity index (χ0v) is 17.0. The smallest absolute Gasteiger partial charge is 0.162 e. The third kappa shape index (κ3) is 2.72. The first-order chi connectivity index (χ1) is 12.4. The molecule has 4 rings (SSSR count). The van der Waals surface area contributed by atoms with Gasteiger partial charge in [0, 0.05) is 11.1 Å². The molecule has 2 aromatic carbocycles. The van der Waals surface area contributed by atoms with E-state index in [1.165, 1.54) is 10.8 Å².